The van der Waals surface area contributed by atoms with Crippen molar-refractivity contribution >= 4 is 23.6 Å². The molecule has 250 valence electrons. The number of fused-ring (bicyclic) bond motifs is 1. The number of nitrogens with zero attached hydrogens (tertiary/aromatic N) is 2. The van der Waals surface area contributed by atoms with Gasteiger partial charge in [0.2, 0.25) is 23.6 Å². The molecule has 0 aromatic rings. The van der Waals surface area contributed by atoms with Crippen molar-refractivity contribution in [1.29, 1.82) is 0 Å². The number of likely N-dealkylation sites (tertiary alicyclic amines) is 2. The molecule has 3 saturated heterocycles. The van der Waals surface area contributed by atoms with E-state index in [0.29, 0.717) is 77.0 Å². The van der Waals surface area contributed by atoms with E-state index in [1.165, 1.54) is 25.7 Å². The fraction of sp³-hybridized carbons (Fsp3) is 0.879. The van der Waals surface area contributed by atoms with Gasteiger partial charge in [-0.3, -0.25) is 19.2 Å². The summed E-state index contributed by atoms with van der Waals surface area (Å²) in [5.74, 6) is 0.414. The van der Waals surface area contributed by atoms with Crippen LogP contribution in [0.5, 0.6) is 0 Å². The van der Waals surface area contributed by atoms with Gasteiger partial charge in [-0.1, -0.05) is 33.6 Å². The average Bonchev–Trinajstić information content (AvgIpc) is 3.49. The van der Waals surface area contributed by atoms with Gasteiger partial charge in [0, 0.05) is 58.0 Å². The van der Waals surface area contributed by atoms with Crippen molar-refractivity contribution in [2.24, 2.45) is 17.3 Å². The zero-order valence-corrected chi connectivity index (χ0v) is 27.4. The molecule has 1 aliphatic carbocycles. The van der Waals surface area contributed by atoms with E-state index in [2.05, 4.69) is 41.6 Å². The van der Waals surface area contributed by atoms with Gasteiger partial charge in [0.05, 0.1) is 25.4 Å². The minimum Gasteiger partial charge on any atom is -0.377 e. The van der Waals surface area contributed by atoms with E-state index in [1.807, 2.05) is 4.90 Å². The van der Waals surface area contributed by atoms with E-state index in [9.17, 15) is 19.2 Å². The maximum Gasteiger partial charge on any atom is 0.246 e. The summed E-state index contributed by atoms with van der Waals surface area (Å²) in [6, 6.07) is 0.645. The number of carbonyl (C=O) groups excluding carboxylic acids is 4. The summed E-state index contributed by atoms with van der Waals surface area (Å²) in [6.45, 7) is 11.0. The molecule has 3 heterocycles. The molecule has 1 saturated carbocycles. The van der Waals surface area contributed by atoms with Crippen LogP contribution in [0.1, 0.15) is 91.4 Å². The third kappa shape index (κ3) is 11.0. The SMILES string of the molecule is CC(C)(C)CC(=O)N1CCC2(CC1)CC(=O)NCC[C@H]1CN(C3CCCC3)CC[C@H]1CC(=O)NCCOCCOCC(=O)N2. The van der Waals surface area contributed by atoms with Crippen molar-refractivity contribution in [3.63, 3.8) is 0 Å². The lowest BCUT2D eigenvalue weighted by atomic mass is 9.80. The molecule has 2 atom stereocenters. The summed E-state index contributed by atoms with van der Waals surface area (Å²) in [6.07, 6.45) is 9.07. The maximum absolute atomic E-state index is 13.4. The Labute approximate surface area is 263 Å². The molecule has 3 N–H and O–H groups in total. The third-order valence-corrected chi connectivity index (χ3v) is 9.88. The number of hydrogen-bond donors (Lipinski definition) is 3. The van der Waals surface area contributed by atoms with Gasteiger partial charge < -0.3 is 35.2 Å². The predicted octanol–water partition coefficient (Wildman–Crippen LogP) is 2.23. The van der Waals surface area contributed by atoms with Crippen LogP contribution >= 0.6 is 0 Å². The first kappa shape index (κ1) is 34.6. The fourth-order valence-corrected chi connectivity index (χ4v) is 7.46. The quantitative estimate of drug-likeness (QED) is 0.432. The lowest BCUT2D eigenvalue weighted by molar-refractivity contribution is -0.136. The summed E-state index contributed by atoms with van der Waals surface area (Å²) >= 11 is 0. The second-order valence-electron chi connectivity index (χ2n) is 14.7. The monoisotopic (exact) mass is 619 g/mol. The fourth-order valence-electron chi connectivity index (χ4n) is 7.46. The minimum absolute atomic E-state index is 0.0542. The van der Waals surface area contributed by atoms with Crippen LogP contribution in [-0.4, -0.2) is 111 Å². The molecule has 3 aliphatic heterocycles. The first-order chi connectivity index (χ1) is 21.0. The van der Waals surface area contributed by atoms with Crippen molar-refractivity contribution in [2.75, 3.05) is 65.7 Å². The van der Waals surface area contributed by atoms with E-state index >= 15 is 0 Å². The minimum atomic E-state index is -0.731. The van der Waals surface area contributed by atoms with E-state index < -0.39 is 5.54 Å². The smallest absolute Gasteiger partial charge is 0.246 e. The van der Waals surface area contributed by atoms with Gasteiger partial charge in [0.15, 0.2) is 0 Å². The average molecular weight is 620 g/mol. The zero-order chi connectivity index (χ0) is 31.6. The molecule has 4 aliphatic rings. The Balaban J connectivity index is 1.40. The van der Waals surface area contributed by atoms with Gasteiger partial charge in [-0.2, -0.15) is 0 Å². The molecule has 0 aromatic heterocycles. The van der Waals surface area contributed by atoms with Gasteiger partial charge in [0.25, 0.3) is 0 Å². The van der Waals surface area contributed by atoms with E-state index in [4.69, 9.17) is 9.47 Å². The van der Waals surface area contributed by atoms with E-state index in [1.54, 1.807) is 0 Å². The normalized spacial score (nSPS) is 28.1. The molecular weight excluding hydrogens is 562 g/mol. The second-order valence-corrected chi connectivity index (χ2v) is 14.7. The van der Waals surface area contributed by atoms with Gasteiger partial charge in [-0.15, -0.1) is 0 Å². The zero-order valence-electron chi connectivity index (χ0n) is 27.4. The molecule has 1 spiro atoms. The Morgan fingerprint density at radius 1 is 0.841 bits per heavy atom. The van der Waals surface area contributed by atoms with Crippen LogP contribution in [0, 0.1) is 17.3 Å². The second kappa shape index (κ2) is 16.4. The number of piperidine rings is 2. The van der Waals surface area contributed by atoms with Crippen molar-refractivity contribution in [1.82, 2.24) is 25.8 Å². The Hall–Kier alpha value is -2.24. The highest BCUT2D eigenvalue weighted by Crippen LogP contribution is 2.34. The van der Waals surface area contributed by atoms with Crippen LogP contribution in [0.15, 0.2) is 0 Å². The van der Waals surface area contributed by atoms with E-state index in [0.717, 1.165) is 25.9 Å². The number of ether oxygens (including phenoxy) is 2. The Bertz CT molecular complexity index is 970. The van der Waals surface area contributed by atoms with Gasteiger partial charge in [-0.05, 0) is 62.3 Å². The summed E-state index contributed by atoms with van der Waals surface area (Å²) in [5, 5.41) is 9.27. The van der Waals surface area contributed by atoms with Crippen molar-refractivity contribution < 1.29 is 28.7 Å². The predicted molar refractivity (Wildman–Crippen MR) is 168 cm³/mol. The highest BCUT2D eigenvalue weighted by atomic mass is 16.5. The third-order valence-electron chi connectivity index (χ3n) is 9.88. The molecule has 4 fully saturated rings. The number of amides is 4. The van der Waals surface area contributed by atoms with Crippen LogP contribution in [0.4, 0.5) is 0 Å². The summed E-state index contributed by atoms with van der Waals surface area (Å²) < 4.78 is 11.1. The molecule has 0 radical (unpaired) electrons. The molecule has 4 rings (SSSR count). The number of nitrogens with one attached hydrogen (secondary N) is 3. The van der Waals surface area contributed by atoms with Crippen LogP contribution in [0.2, 0.25) is 0 Å². The first-order valence-electron chi connectivity index (χ1n) is 17.0. The van der Waals surface area contributed by atoms with E-state index in [-0.39, 0.29) is 54.6 Å². The highest BCUT2D eigenvalue weighted by molar-refractivity contribution is 5.82. The van der Waals surface area contributed by atoms with Crippen molar-refractivity contribution in [3.8, 4) is 0 Å². The Morgan fingerprint density at radius 3 is 2.27 bits per heavy atom. The molecule has 0 bridgehead atoms. The lowest BCUT2D eigenvalue weighted by Gasteiger charge is -2.43. The summed E-state index contributed by atoms with van der Waals surface area (Å²) in [4.78, 5) is 56.5. The topological polar surface area (TPSA) is 129 Å². The molecular formula is C33H57N5O6. The van der Waals surface area contributed by atoms with Crippen LogP contribution in [-0.2, 0) is 28.7 Å². The largest absolute Gasteiger partial charge is 0.377 e. The standard InChI is InChI=1S/C33H57N5O6/c1-32(2,3)22-31(42)37-15-10-33(11-16-37)21-29(40)34-12-8-26-23-38(27-6-4-5-7-27)14-9-25(26)20-28(39)35-13-17-43-18-19-44-24-30(41)36-33/h25-27H,4-24H2,1-3H3,(H,34,40)(H,35,39)(H,36,41)/t25-,26-/m0/s1. The number of carbonyl (C=O) groups is 4. The highest BCUT2D eigenvalue weighted by Gasteiger charge is 2.40. The summed E-state index contributed by atoms with van der Waals surface area (Å²) in [5.41, 5.74) is -0.834. The Kier molecular flexibility index (Phi) is 12.9. The van der Waals surface area contributed by atoms with Crippen LogP contribution in [0.3, 0.4) is 0 Å². The first-order valence-corrected chi connectivity index (χ1v) is 17.0. The van der Waals surface area contributed by atoms with Gasteiger partial charge in [0.1, 0.15) is 6.61 Å². The van der Waals surface area contributed by atoms with Gasteiger partial charge in [-0.25, -0.2) is 0 Å². The van der Waals surface area contributed by atoms with Crippen LogP contribution in [0.25, 0.3) is 0 Å². The lowest BCUT2D eigenvalue weighted by Crippen LogP contribution is -2.58. The van der Waals surface area contributed by atoms with Crippen molar-refractivity contribution in [2.45, 2.75) is 103 Å². The summed E-state index contributed by atoms with van der Waals surface area (Å²) in [7, 11) is 0. The number of hydrogen-bond acceptors (Lipinski definition) is 7. The molecule has 0 unspecified atom stereocenters. The van der Waals surface area contributed by atoms with Gasteiger partial charge >= 0.3 is 0 Å². The molecule has 4 amide bonds. The molecule has 11 heteroatoms. The molecule has 11 nitrogen and oxygen atoms in total. The Morgan fingerprint density at radius 2 is 1.55 bits per heavy atom. The van der Waals surface area contributed by atoms with Crippen LogP contribution < -0.4 is 16.0 Å². The van der Waals surface area contributed by atoms with Crippen molar-refractivity contribution in [3.05, 3.63) is 0 Å². The molecule has 44 heavy (non-hydrogen) atoms. The maximum atomic E-state index is 13.4. The molecule has 0 aromatic carbocycles. The number of rotatable bonds is 2.